The predicted molar refractivity (Wildman–Crippen MR) is 127 cm³/mol. The van der Waals surface area contributed by atoms with E-state index in [1.54, 1.807) is 0 Å². The molecule has 166 valence electrons. The van der Waals surface area contributed by atoms with Gasteiger partial charge in [-0.3, -0.25) is 9.69 Å². The normalized spacial score (nSPS) is 15.9. The van der Waals surface area contributed by atoms with Gasteiger partial charge >= 0.3 is 5.97 Å². The summed E-state index contributed by atoms with van der Waals surface area (Å²) in [6, 6.07) is 25.3. The summed E-state index contributed by atoms with van der Waals surface area (Å²) >= 11 is 0. The van der Waals surface area contributed by atoms with Gasteiger partial charge in [-0.25, -0.2) is 0 Å². The van der Waals surface area contributed by atoms with E-state index in [1.165, 1.54) is 22.3 Å². The molecule has 0 spiro atoms. The van der Waals surface area contributed by atoms with Gasteiger partial charge in [0.2, 0.25) is 0 Å². The molecule has 0 amide bonds. The molecule has 0 aromatic heterocycles. The summed E-state index contributed by atoms with van der Waals surface area (Å²) in [6.07, 6.45) is 1.36. The summed E-state index contributed by atoms with van der Waals surface area (Å²) in [7, 11) is 0. The number of aryl methyl sites for hydroxylation is 2. The van der Waals surface area contributed by atoms with Crippen LogP contribution in [0.3, 0.4) is 0 Å². The Labute approximate surface area is 190 Å². The van der Waals surface area contributed by atoms with Gasteiger partial charge in [-0.2, -0.15) is 0 Å². The number of hydrogen-bond acceptors (Lipinski definition) is 3. The average molecular weight is 430 g/mol. The number of rotatable bonds is 7. The van der Waals surface area contributed by atoms with Crippen LogP contribution in [-0.2, 0) is 11.4 Å². The molecule has 1 aliphatic heterocycles. The van der Waals surface area contributed by atoms with Crippen molar-refractivity contribution in [2.75, 3.05) is 13.1 Å². The highest BCUT2D eigenvalue weighted by Gasteiger charge is 2.30. The van der Waals surface area contributed by atoms with Crippen molar-refractivity contribution < 1.29 is 14.6 Å². The summed E-state index contributed by atoms with van der Waals surface area (Å²) in [5.41, 5.74) is 6.04. The molecule has 1 heterocycles. The Hall–Kier alpha value is -3.11. The first kappa shape index (κ1) is 22.1. The number of likely N-dealkylation sites (tertiary alicyclic amines) is 1. The van der Waals surface area contributed by atoms with Crippen LogP contribution in [0.15, 0.2) is 72.8 Å². The molecule has 4 heteroatoms. The van der Waals surface area contributed by atoms with Gasteiger partial charge in [0.1, 0.15) is 12.4 Å². The highest BCUT2D eigenvalue weighted by Crippen LogP contribution is 2.35. The van der Waals surface area contributed by atoms with E-state index in [2.05, 4.69) is 67.3 Å². The molecular weight excluding hydrogens is 398 g/mol. The summed E-state index contributed by atoms with van der Waals surface area (Å²) in [5.74, 6) is -0.0725. The standard InChI is InChI=1S/C28H31NO3/c1-20-15-21(2)17-25(16-20)27(29-13-11-23(12-14-29)28(30)31)24-9-6-10-26(18-24)32-19-22-7-4-3-5-8-22/h3-10,15-18,23,27H,11-14,19H2,1-2H3,(H,30,31). The second-order valence-electron chi connectivity index (χ2n) is 8.82. The Morgan fingerprint density at radius 1 is 0.938 bits per heavy atom. The van der Waals surface area contributed by atoms with Crippen LogP contribution in [0, 0.1) is 19.8 Å². The lowest BCUT2D eigenvalue weighted by Gasteiger charge is -2.37. The maximum atomic E-state index is 11.5. The van der Waals surface area contributed by atoms with E-state index < -0.39 is 5.97 Å². The lowest BCUT2D eigenvalue weighted by molar-refractivity contribution is -0.143. The second-order valence-corrected chi connectivity index (χ2v) is 8.82. The molecule has 4 nitrogen and oxygen atoms in total. The van der Waals surface area contributed by atoms with E-state index in [0.717, 1.165) is 24.4 Å². The van der Waals surface area contributed by atoms with Crippen molar-refractivity contribution in [2.45, 2.75) is 39.3 Å². The predicted octanol–water partition coefficient (Wildman–Crippen LogP) is 5.77. The molecule has 0 saturated carbocycles. The highest BCUT2D eigenvalue weighted by molar-refractivity contribution is 5.70. The Kier molecular flexibility index (Phi) is 6.91. The molecular formula is C28H31NO3. The Bertz CT molecular complexity index is 1040. The number of benzene rings is 3. The zero-order chi connectivity index (χ0) is 22.5. The van der Waals surface area contributed by atoms with E-state index in [4.69, 9.17) is 4.74 Å². The first-order valence-electron chi connectivity index (χ1n) is 11.3. The molecule has 32 heavy (non-hydrogen) atoms. The van der Waals surface area contributed by atoms with Gasteiger partial charge in [-0.05, 0) is 68.6 Å². The van der Waals surface area contributed by atoms with Crippen LogP contribution >= 0.6 is 0 Å². The third-order valence-electron chi connectivity index (χ3n) is 6.23. The number of carboxylic acid groups (broad SMARTS) is 1. The van der Waals surface area contributed by atoms with Crippen LogP contribution in [-0.4, -0.2) is 29.1 Å². The fourth-order valence-electron chi connectivity index (χ4n) is 4.70. The topological polar surface area (TPSA) is 49.8 Å². The second kappa shape index (κ2) is 10.0. The summed E-state index contributed by atoms with van der Waals surface area (Å²) in [5, 5.41) is 9.42. The first-order valence-corrected chi connectivity index (χ1v) is 11.3. The SMILES string of the molecule is Cc1cc(C)cc(C(c2cccc(OCc3ccccc3)c2)N2CCC(C(=O)O)CC2)c1. The Morgan fingerprint density at radius 2 is 1.62 bits per heavy atom. The van der Waals surface area contributed by atoms with Gasteiger partial charge in [0.15, 0.2) is 0 Å². The number of aliphatic carboxylic acids is 1. The Morgan fingerprint density at radius 3 is 2.28 bits per heavy atom. The van der Waals surface area contributed by atoms with E-state index in [9.17, 15) is 9.90 Å². The number of carboxylic acids is 1. The summed E-state index contributed by atoms with van der Waals surface area (Å²) in [6.45, 7) is 6.32. The fraction of sp³-hybridized carbons (Fsp3) is 0.321. The number of carbonyl (C=O) groups is 1. The van der Waals surface area contributed by atoms with Crippen LogP contribution < -0.4 is 4.74 Å². The number of ether oxygens (including phenoxy) is 1. The van der Waals surface area contributed by atoms with Gasteiger partial charge in [0.05, 0.1) is 12.0 Å². The Balaban J connectivity index is 1.62. The molecule has 0 radical (unpaired) electrons. The third-order valence-corrected chi connectivity index (χ3v) is 6.23. The van der Waals surface area contributed by atoms with E-state index in [1.807, 2.05) is 24.3 Å². The van der Waals surface area contributed by atoms with Crippen molar-refractivity contribution in [3.05, 3.63) is 101 Å². The van der Waals surface area contributed by atoms with E-state index >= 15 is 0 Å². The molecule has 1 saturated heterocycles. The van der Waals surface area contributed by atoms with Gasteiger partial charge in [0, 0.05) is 0 Å². The van der Waals surface area contributed by atoms with Gasteiger partial charge in [-0.1, -0.05) is 71.8 Å². The minimum Gasteiger partial charge on any atom is -0.489 e. The fourth-order valence-corrected chi connectivity index (χ4v) is 4.70. The minimum atomic E-state index is -0.677. The highest BCUT2D eigenvalue weighted by atomic mass is 16.5. The lowest BCUT2D eigenvalue weighted by atomic mass is 9.90. The first-order chi connectivity index (χ1) is 15.5. The van der Waals surface area contributed by atoms with E-state index in [-0.39, 0.29) is 12.0 Å². The number of piperidine rings is 1. The smallest absolute Gasteiger partial charge is 0.306 e. The van der Waals surface area contributed by atoms with Crippen LogP contribution in [0.2, 0.25) is 0 Å². The zero-order valence-electron chi connectivity index (χ0n) is 18.8. The molecule has 1 atom stereocenters. The molecule has 1 fully saturated rings. The monoisotopic (exact) mass is 429 g/mol. The average Bonchev–Trinajstić information content (AvgIpc) is 2.79. The van der Waals surface area contributed by atoms with Crippen molar-refractivity contribution in [3.8, 4) is 5.75 Å². The van der Waals surface area contributed by atoms with Crippen molar-refractivity contribution in [2.24, 2.45) is 5.92 Å². The summed E-state index contributed by atoms with van der Waals surface area (Å²) < 4.78 is 6.11. The van der Waals surface area contributed by atoms with Crippen LogP contribution in [0.4, 0.5) is 0 Å². The van der Waals surface area contributed by atoms with Crippen LogP contribution in [0.1, 0.15) is 46.7 Å². The largest absolute Gasteiger partial charge is 0.489 e. The molecule has 3 aromatic rings. The van der Waals surface area contributed by atoms with Gasteiger partial charge in [-0.15, -0.1) is 0 Å². The van der Waals surface area contributed by atoms with Gasteiger partial charge < -0.3 is 9.84 Å². The van der Waals surface area contributed by atoms with Crippen molar-refractivity contribution in [3.63, 3.8) is 0 Å². The van der Waals surface area contributed by atoms with E-state index in [0.29, 0.717) is 19.4 Å². The maximum Gasteiger partial charge on any atom is 0.306 e. The lowest BCUT2D eigenvalue weighted by Crippen LogP contribution is -2.39. The maximum absolute atomic E-state index is 11.5. The molecule has 1 aliphatic rings. The quantitative estimate of drug-likeness (QED) is 0.518. The molecule has 1 N–H and O–H groups in total. The molecule has 0 aliphatic carbocycles. The summed E-state index contributed by atoms with van der Waals surface area (Å²) in [4.78, 5) is 13.9. The number of hydrogen-bond donors (Lipinski definition) is 1. The number of nitrogens with zero attached hydrogens (tertiary/aromatic N) is 1. The third kappa shape index (κ3) is 5.38. The van der Waals surface area contributed by atoms with Crippen molar-refractivity contribution >= 4 is 5.97 Å². The van der Waals surface area contributed by atoms with Crippen LogP contribution in [0.25, 0.3) is 0 Å². The molecule has 4 rings (SSSR count). The molecule has 1 unspecified atom stereocenters. The van der Waals surface area contributed by atoms with Gasteiger partial charge in [0.25, 0.3) is 0 Å². The van der Waals surface area contributed by atoms with Crippen LogP contribution in [0.5, 0.6) is 5.75 Å². The zero-order valence-corrected chi connectivity index (χ0v) is 18.8. The van der Waals surface area contributed by atoms with Crippen molar-refractivity contribution in [1.82, 2.24) is 4.90 Å². The molecule has 3 aromatic carbocycles. The minimum absolute atomic E-state index is 0.0728. The molecule has 0 bridgehead atoms. The van der Waals surface area contributed by atoms with Crippen molar-refractivity contribution in [1.29, 1.82) is 0 Å².